The second-order valence-corrected chi connectivity index (χ2v) is 7.04. The average Bonchev–Trinajstić information content (AvgIpc) is 2.87. The second kappa shape index (κ2) is 5.42. The molecule has 0 radical (unpaired) electrons. The third-order valence-corrected chi connectivity index (χ3v) is 5.34. The maximum atomic E-state index is 12.1. The molecule has 0 unspecified atom stereocenters. The lowest BCUT2D eigenvalue weighted by Crippen LogP contribution is -3.06. The number of likely N-dealkylation sites (N-methyl/N-ethyl adjacent to an activating group) is 1. The van der Waals surface area contributed by atoms with Crippen molar-refractivity contribution in [3.05, 3.63) is 22.4 Å². The Morgan fingerprint density at radius 3 is 2.82 bits per heavy atom. The normalized spacial score (nSPS) is 24.9. The summed E-state index contributed by atoms with van der Waals surface area (Å²) in [7, 11) is 4.24. The number of nitrogens with one attached hydrogen (secondary N) is 1. The van der Waals surface area contributed by atoms with Gasteiger partial charge in [-0.25, -0.2) is 0 Å². The maximum Gasteiger partial charge on any atom is 0.236 e. The summed E-state index contributed by atoms with van der Waals surface area (Å²) in [5, 5.41) is 2.41. The van der Waals surface area contributed by atoms with Crippen LogP contribution in [-0.2, 0) is 4.79 Å². The Kier molecular flexibility index (Phi) is 4.12. The van der Waals surface area contributed by atoms with E-state index in [1.807, 2.05) is 11.8 Å². The van der Waals surface area contributed by atoms with Gasteiger partial charge in [-0.05, 0) is 18.4 Å². The molecule has 17 heavy (non-hydrogen) atoms. The molecule has 1 aliphatic heterocycles. The number of rotatable bonds is 4. The van der Waals surface area contributed by atoms with E-state index >= 15 is 0 Å². The first-order valence-electron chi connectivity index (χ1n) is 5.88. The Balaban J connectivity index is 2.11. The minimum absolute atomic E-state index is 0.0965. The highest BCUT2D eigenvalue weighted by Gasteiger charge is 2.38. The monoisotopic (exact) mass is 271 g/mol. The minimum Gasteiger partial charge on any atom is -0.338 e. The maximum absolute atomic E-state index is 12.1. The van der Waals surface area contributed by atoms with Crippen LogP contribution in [-0.4, -0.2) is 43.2 Å². The summed E-state index contributed by atoms with van der Waals surface area (Å²) < 4.78 is 0. The zero-order chi connectivity index (χ0) is 12.4. The van der Waals surface area contributed by atoms with Gasteiger partial charge in [-0.3, -0.25) is 4.79 Å². The molecular weight excluding hydrogens is 252 g/mol. The molecule has 2 atom stereocenters. The van der Waals surface area contributed by atoms with Gasteiger partial charge in [0.25, 0.3) is 0 Å². The molecular formula is C12H19N2OS2+. The van der Waals surface area contributed by atoms with Crippen molar-refractivity contribution in [3.8, 4) is 0 Å². The Bertz CT molecular complexity index is 378. The second-order valence-electron chi connectivity index (χ2n) is 4.63. The smallest absolute Gasteiger partial charge is 0.236 e. The number of thioether (sulfide) groups is 1. The van der Waals surface area contributed by atoms with Crippen LogP contribution in [0.15, 0.2) is 17.5 Å². The third-order valence-electron chi connectivity index (χ3n) is 2.89. The van der Waals surface area contributed by atoms with Crippen molar-refractivity contribution < 1.29 is 9.69 Å². The lowest BCUT2D eigenvalue weighted by Gasteiger charge is -2.23. The van der Waals surface area contributed by atoms with E-state index in [1.54, 1.807) is 23.1 Å². The number of hydrogen-bond donors (Lipinski definition) is 1. The van der Waals surface area contributed by atoms with Crippen molar-refractivity contribution in [2.24, 2.45) is 0 Å². The van der Waals surface area contributed by atoms with E-state index in [4.69, 9.17) is 0 Å². The lowest BCUT2D eigenvalue weighted by molar-refractivity contribution is -0.857. The molecule has 0 spiro atoms. The zero-order valence-corrected chi connectivity index (χ0v) is 12.1. The van der Waals surface area contributed by atoms with E-state index in [-0.39, 0.29) is 16.5 Å². The van der Waals surface area contributed by atoms with E-state index in [9.17, 15) is 4.79 Å². The summed E-state index contributed by atoms with van der Waals surface area (Å²) in [4.78, 5) is 16.8. The highest BCUT2D eigenvalue weighted by Crippen LogP contribution is 2.43. The van der Waals surface area contributed by atoms with Gasteiger partial charge in [0, 0.05) is 4.88 Å². The van der Waals surface area contributed by atoms with Crippen molar-refractivity contribution in [1.29, 1.82) is 0 Å². The Labute approximate surface area is 111 Å². The number of quaternary nitrogens is 1. The van der Waals surface area contributed by atoms with Crippen molar-refractivity contribution in [2.45, 2.75) is 17.5 Å². The van der Waals surface area contributed by atoms with Gasteiger partial charge in [-0.1, -0.05) is 6.07 Å². The molecule has 1 aromatic heterocycles. The molecule has 1 amide bonds. The van der Waals surface area contributed by atoms with E-state index in [0.29, 0.717) is 0 Å². The molecule has 2 heterocycles. The first-order chi connectivity index (χ1) is 8.09. The summed E-state index contributed by atoms with van der Waals surface area (Å²) in [6, 6.07) is 4.19. The predicted octanol–water partition coefficient (Wildman–Crippen LogP) is 0.855. The van der Waals surface area contributed by atoms with Crippen LogP contribution in [0, 0.1) is 0 Å². The first kappa shape index (κ1) is 12.9. The van der Waals surface area contributed by atoms with Crippen molar-refractivity contribution in [1.82, 2.24) is 4.90 Å². The predicted molar refractivity (Wildman–Crippen MR) is 73.5 cm³/mol. The highest BCUT2D eigenvalue weighted by atomic mass is 32.2. The van der Waals surface area contributed by atoms with Crippen molar-refractivity contribution >= 4 is 29.0 Å². The summed E-state index contributed by atoms with van der Waals surface area (Å²) in [6.45, 7) is 3.86. The summed E-state index contributed by atoms with van der Waals surface area (Å²) in [5.41, 5.74) is 0. The molecule has 2 rings (SSSR count). The molecule has 0 saturated carbocycles. The molecule has 0 bridgehead atoms. The van der Waals surface area contributed by atoms with Crippen LogP contribution in [0.3, 0.4) is 0 Å². The number of thiophene rings is 1. The first-order valence-corrected chi connectivity index (χ1v) is 7.70. The Morgan fingerprint density at radius 2 is 2.24 bits per heavy atom. The van der Waals surface area contributed by atoms with E-state index in [2.05, 4.69) is 31.6 Å². The Morgan fingerprint density at radius 1 is 1.47 bits per heavy atom. The third kappa shape index (κ3) is 2.84. The van der Waals surface area contributed by atoms with E-state index in [0.717, 1.165) is 13.1 Å². The van der Waals surface area contributed by atoms with E-state index < -0.39 is 0 Å². The van der Waals surface area contributed by atoms with E-state index in [1.165, 1.54) is 9.78 Å². The molecule has 1 saturated heterocycles. The summed E-state index contributed by atoms with van der Waals surface area (Å²) in [6.07, 6.45) is 0. The average molecular weight is 271 g/mol. The number of hydrogen-bond acceptors (Lipinski definition) is 3. The molecule has 5 heteroatoms. The van der Waals surface area contributed by atoms with Gasteiger partial charge in [0.1, 0.15) is 5.37 Å². The summed E-state index contributed by atoms with van der Waals surface area (Å²) >= 11 is 3.51. The van der Waals surface area contributed by atoms with Crippen LogP contribution in [0.4, 0.5) is 0 Å². The van der Waals surface area contributed by atoms with Crippen LogP contribution in [0.1, 0.15) is 17.2 Å². The molecule has 0 aromatic carbocycles. The molecule has 94 valence electrons. The van der Waals surface area contributed by atoms with Crippen molar-refractivity contribution in [2.75, 3.05) is 27.2 Å². The highest BCUT2D eigenvalue weighted by molar-refractivity contribution is 8.01. The van der Waals surface area contributed by atoms with Crippen LogP contribution >= 0.6 is 23.1 Å². The topological polar surface area (TPSA) is 24.8 Å². The quantitative estimate of drug-likeness (QED) is 0.878. The van der Waals surface area contributed by atoms with Gasteiger partial charge in [-0.15, -0.1) is 23.1 Å². The lowest BCUT2D eigenvalue weighted by atomic mass is 10.3. The molecule has 3 nitrogen and oxygen atoms in total. The SMILES string of the molecule is C[C@@H]1S[C@@H](c2cccs2)N(CC[NH+](C)C)C1=O. The van der Waals surface area contributed by atoms with Gasteiger partial charge in [0.2, 0.25) is 5.91 Å². The summed E-state index contributed by atoms with van der Waals surface area (Å²) in [5.74, 6) is 0.287. The molecule has 1 aliphatic rings. The molecule has 1 N–H and O–H groups in total. The van der Waals surface area contributed by atoms with Crippen LogP contribution in [0.25, 0.3) is 0 Å². The fraction of sp³-hybridized carbons (Fsp3) is 0.583. The zero-order valence-electron chi connectivity index (χ0n) is 10.5. The van der Waals surface area contributed by atoms with Gasteiger partial charge < -0.3 is 9.80 Å². The van der Waals surface area contributed by atoms with Gasteiger partial charge in [0.05, 0.1) is 32.4 Å². The van der Waals surface area contributed by atoms with Gasteiger partial charge in [0.15, 0.2) is 0 Å². The molecule has 1 aromatic rings. The van der Waals surface area contributed by atoms with Crippen LogP contribution < -0.4 is 4.90 Å². The standard InChI is InChI=1S/C12H18N2OS2/c1-9-11(15)14(7-6-13(2)3)12(17-9)10-5-4-8-16-10/h4-5,8-9,12H,6-7H2,1-3H3/p+1/t9-,12-/m0/s1. The van der Waals surface area contributed by atoms with Gasteiger partial charge in [-0.2, -0.15) is 0 Å². The van der Waals surface area contributed by atoms with Crippen molar-refractivity contribution in [3.63, 3.8) is 0 Å². The molecule has 0 aliphatic carbocycles. The fourth-order valence-corrected chi connectivity index (χ4v) is 4.15. The Hall–Kier alpha value is -0.520. The van der Waals surface area contributed by atoms with Crippen LogP contribution in [0.2, 0.25) is 0 Å². The fourth-order valence-electron chi connectivity index (χ4n) is 1.90. The number of carbonyl (C=O) groups is 1. The number of carbonyl (C=O) groups excluding carboxylic acids is 1. The molecule has 1 fully saturated rings. The van der Waals surface area contributed by atoms with Gasteiger partial charge >= 0.3 is 0 Å². The minimum atomic E-state index is 0.0965. The largest absolute Gasteiger partial charge is 0.338 e. The number of nitrogens with zero attached hydrogens (tertiary/aromatic N) is 1. The van der Waals surface area contributed by atoms with Crippen LogP contribution in [0.5, 0.6) is 0 Å². The number of amides is 1.